The first-order chi connectivity index (χ1) is 12.1. The number of benzene rings is 2. The fourth-order valence-corrected chi connectivity index (χ4v) is 2.27. The van der Waals surface area contributed by atoms with Crippen molar-refractivity contribution in [2.24, 2.45) is 0 Å². The van der Waals surface area contributed by atoms with E-state index in [-0.39, 0.29) is 17.8 Å². The van der Waals surface area contributed by atoms with Crippen molar-refractivity contribution in [1.29, 1.82) is 0 Å². The van der Waals surface area contributed by atoms with Crippen LogP contribution >= 0.6 is 11.6 Å². The minimum Gasteiger partial charge on any atom is -0.482 e. The van der Waals surface area contributed by atoms with Gasteiger partial charge in [-0.1, -0.05) is 23.7 Å². The molecule has 0 atom stereocenters. The van der Waals surface area contributed by atoms with Gasteiger partial charge in [0.1, 0.15) is 23.3 Å². The molecule has 25 heavy (non-hydrogen) atoms. The lowest BCUT2D eigenvalue weighted by atomic mass is 10.2. The first-order valence-corrected chi connectivity index (χ1v) is 7.64. The lowest BCUT2D eigenvalue weighted by molar-refractivity contribution is -0.142. The van der Waals surface area contributed by atoms with Crippen LogP contribution in [-0.2, 0) is 9.53 Å². The Kier molecular flexibility index (Phi) is 4.90. The third kappa shape index (κ3) is 3.75. The van der Waals surface area contributed by atoms with Gasteiger partial charge >= 0.3 is 5.97 Å². The molecule has 0 saturated heterocycles. The fraction of sp³-hybridized carbons (Fsp3) is 0.111. The number of hydrogen-bond donors (Lipinski definition) is 0. The molecule has 0 saturated carbocycles. The van der Waals surface area contributed by atoms with Gasteiger partial charge in [0.15, 0.2) is 6.61 Å². The third-order valence-electron chi connectivity index (χ3n) is 3.36. The standard InChI is InChI=1S/C18H13ClO6/c1-22-17(20)10-23-11-6-7-12-15(8-11)24-9-16(18(12)21)25-14-5-3-2-4-13(14)19/h2-9H,10H2,1H3. The molecule has 128 valence electrons. The largest absolute Gasteiger partial charge is 0.482 e. The van der Waals surface area contributed by atoms with Crippen LogP contribution in [0.5, 0.6) is 17.2 Å². The summed E-state index contributed by atoms with van der Waals surface area (Å²) in [6.45, 7) is -0.236. The minimum absolute atomic E-state index is 0.0174. The average molecular weight is 361 g/mol. The number of fused-ring (bicyclic) bond motifs is 1. The lowest BCUT2D eigenvalue weighted by Crippen LogP contribution is -2.12. The van der Waals surface area contributed by atoms with E-state index in [0.29, 0.717) is 27.5 Å². The second kappa shape index (κ2) is 7.27. The predicted molar refractivity (Wildman–Crippen MR) is 91.5 cm³/mol. The highest BCUT2D eigenvalue weighted by molar-refractivity contribution is 6.32. The van der Waals surface area contributed by atoms with E-state index >= 15 is 0 Å². The molecule has 7 heteroatoms. The van der Waals surface area contributed by atoms with Gasteiger partial charge in [-0.2, -0.15) is 0 Å². The van der Waals surface area contributed by atoms with E-state index < -0.39 is 5.97 Å². The maximum absolute atomic E-state index is 12.5. The number of esters is 1. The molecular weight excluding hydrogens is 348 g/mol. The number of hydrogen-bond acceptors (Lipinski definition) is 6. The third-order valence-corrected chi connectivity index (χ3v) is 3.67. The van der Waals surface area contributed by atoms with Crippen LogP contribution in [0.3, 0.4) is 0 Å². The molecule has 3 aromatic rings. The van der Waals surface area contributed by atoms with Crippen LogP contribution in [0.1, 0.15) is 0 Å². The van der Waals surface area contributed by atoms with Gasteiger partial charge in [-0.25, -0.2) is 4.79 Å². The Hall–Kier alpha value is -2.99. The maximum atomic E-state index is 12.5. The van der Waals surface area contributed by atoms with E-state index in [2.05, 4.69) is 4.74 Å². The number of carbonyl (C=O) groups is 1. The van der Waals surface area contributed by atoms with Crippen LogP contribution in [0.4, 0.5) is 0 Å². The monoisotopic (exact) mass is 360 g/mol. The molecule has 0 aliphatic rings. The van der Waals surface area contributed by atoms with Crippen molar-refractivity contribution < 1.29 is 23.4 Å². The number of carbonyl (C=O) groups excluding carboxylic acids is 1. The molecule has 0 fully saturated rings. The highest BCUT2D eigenvalue weighted by atomic mass is 35.5. The van der Waals surface area contributed by atoms with Crippen molar-refractivity contribution in [1.82, 2.24) is 0 Å². The Morgan fingerprint density at radius 1 is 1.16 bits per heavy atom. The molecule has 6 nitrogen and oxygen atoms in total. The van der Waals surface area contributed by atoms with Crippen molar-refractivity contribution in [2.75, 3.05) is 13.7 Å². The van der Waals surface area contributed by atoms with Gasteiger partial charge in [0, 0.05) is 6.07 Å². The molecule has 0 spiro atoms. The summed E-state index contributed by atoms with van der Waals surface area (Å²) in [5.74, 6) is 0.239. The van der Waals surface area contributed by atoms with Gasteiger partial charge < -0.3 is 18.6 Å². The first-order valence-electron chi connectivity index (χ1n) is 7.26. The molecule has 0 N–H and O–H groups in total. The van der Waals surface area contributed by atoms with Gasteiger partial charge in [-0.3, -0.25) is 4.79 Å². The van der Waals surface area contributed by atoms with Crippen molar-refractivity contribution in [3.8, 4) is 17.2 Å². The second-order valence-corrected chi connectivity index (χ2v) is 5.39. The van der Waals surface area contributed by atoms with Crippen LogP contribution < -0.4 is 14.9 Å². The Morgan fingerprint density at radius 2 is 1.96 bits per heavy atom. The zero-order chi connectivity index (χ0) is 17.8. The van der Waals surface area contributed by atoms with Crippen molar-refractivity contribution in [2.45, 2.75) is 0 Å². The summed E-state index contributed by atoms with van der Waals surface area (Å²) in [5.41, 5.74) is -0.0421. The Bertz CT molecular complexity index is 979. The van der Waals surface area contributed by atoms with Gasteiger partial charge in [-0.05, 0) is 24.3 Å². The molecule has 0 radical (unpaired) electrons. The first kappa shape index (κ1) is 16.9. The highest BCUT2D eigenvalue weighted by Gasteiger charge is 2.12. The van der Waals surface area contributed by atoms with E-state index in [1.807, 2.05) is 0 Å². The molecule has 1 heterocycles. The Morgan fingerprint density at radius 3 is 2.72 bits per heavy atom. The van der Waals surface area contributed by atoms with Crippen molar-refractivity contribution in [3.05, 3.63) is 64.0 Å². The summed E-state index contributed by atoms with van der Waals surface area (Å²) in [6, 6.07) is 11.4. The van der Waals surface area contributed by atoms with Gasteiger partial charge in [0.25, 0.3) is 0 Å². The molecule has 2 aromatic carbocycles. The van der Waals surface area contributed by atoms with Crippen molar-refractivity contribution in [3.63, 3.8) is 0 Å². The Balaban J connectivity index is 1.89. The number of ether oxygens (including phenoxy) is 3. The van der Waals surface area contributed by atoms with E-state index in [0.717, 1.165) is 0 Å². The van der Waals surface area contributed by atoms with E-state index in [1.165, 1.54) is 25.5 Å². The van der Waals surface area contributed by atoms with E-state index in [4.69, 9.17) is 25.5 Å². The Labute approximate surface area is 147 Å². The van der Waals surface area contributed by atoms with Gasteiger partial charge in [-0.15, -0.1) is 0 Å². The summed E-state index contributed by atoms with van der Waals surface area (Å²) in [5, 5.41) is 0.698. The van der Waals surface area contributed by atoms with Crippen LogP contribution in [0, 0.1) is 0 Å². The summed E-state index contributed by atoms with van der Waals surface area (Å²) in [4.78, 5) is 23.6. The average Bonchev–Trinajstić information content (AvgIpc) is 2.63. The normalized spacial score (nSPS) is 10.5. The SMILES string of the molecule is COC(=O)COc1ccc2c(=O)c(Oc3ccccc3Cl)coc2c1. The number of methoxy groups -OCH3 is 1. The van der Waals surface area contributed by atoms with Crippen LogP contribution in [0.25, 0.3) is 11.0 Å². The topological polar surface area (TPSA) is 75.0 Å². The second-order valence-electron chi connectivity index (χ2n) is 4.98. The quantitative estimate of drug-likeness (QED) is 0.644. The van der Waals surface area contributed by atoms with Gasteiger partial charge in [0.2, 0.25) is 11.2 Å². The zero-order valence-electron chi connectivity index (χ0n) is 13.2. The molecule has 0 bridgehead atoms. The van der Waals surface area contributed by atoms with Crippen LogP contribution in [0.15, 0.2) is 57.9 Å². The molecule has 0 aliphatic carbocycles. The smallest absolute Gasteiger partial charge is 0.343 e. The summed E-state index contributed by atoms with van der Waals surface area (Å²) in [6.07, 6.45) is 1.21. The summed E-state index contributed by atoms with van der Waals surface area (Å²) < 4.78 is 20.7. The molecule has 3 rings (SSSR count). The highest BCUT2D eigenvalue weighted by Crippen LogP contribution is 2.28. The number of para-hydroxylation sites is 1. The lowest BCUT2D eigenvalue weighted by Gasteiger charge is -2.08. The molecular formula is C18H13ClO6. The molecule has 0 aliphatic heterocycles. The maximum Gasteiger partial charge on any atom is 0.343 e. The molecule has 0 amide bonds. The fourth-order valence-electron chi connectivity index (χ4n) is 2.10. The number of rotatable bonds is 5. The van der Waals surface area contributed by atoms with Crippen LogP contribution in [-0.4, -0.2) is 19.7 Å². The predicted octanol–water partition coefficient (Wildman–Crippen LogP) is 3.79. The van der Waals surface area contributed by atoms with E-state index in [9.17, 15) is 9.59 Å². The van der Waals surface area contributed by atoms with Crippen LogP contribution in [0.2, 0.25) is 5.02 Å². The zero-order valence-corrected chi connectivity index (χ0v) is 13.9. The molecule has 0 unspecified atom stereocenters. The van der Waals surface area contributed by atoms with Gasteiger partial charge in [0.05, 0.1) is 17.5 Å². The summed E-state index contributed by atoms with van der Waals surface area (Å²) in [7, 11) is 1.27. The number of halogens is 1. The molecule has 1 aromatic heterocycles. The summed E-state index contributed by atoms with van der Waals surface area (Å²) >= 11 is 6.03. The minimum atomic E-state index is -0.509. The van der Waals surface area contributed by atoms with E-state index in [1.54, 1.807) is 30.3 Å². The van der Waals surface area contributed by atoms with Crippen molar-refractivity contribution >= 4 is 28.5 Å².